The first-order valence-electron chi connectivity index (χ1n) is 4.36. The van der Waals surface area contributed by atoms with Gasteiger partial charge in [0.25, 0.3) is 0 Å². The Bertz CT molecular complexity index is 338. The van der Waals surface area contributed by atoms with Crippen LogP contribution in [0.3, 0.4) is 0 Å². The van der Waals surface area contributed by atoms with Crippen molar-refractivity contribution in [3.8, 4) is 5.75 Å². The van der Waals surface area contributed by atoms with Crippen LogP contribution >= 0.6 is 0 Å². The van der Waals surface area contributed by atoms with Gasteiger partial charge in [-0.3, -0.25) is 0 Å². The summed E-state index contributed by atoms with van der Waals surface area (Å²) in [4.78, 5) is 0. The van der Waals surface area contributed by atoms with Crippen LogP contribution < -0.4 is 4.74 Å². The Morgan fingerprint density at radius 2 is 1.80 bits per heavy atom. The Morgan fingerprint density at radius 3 is 2.20 bits per heavy atom. The molecule has 1 rings (SSSR count). The fourth-order valence-electron chi connectivity index (χ4n) is 1.16. The molecule has 0 unspecified atom stereocenters. The molecule has 82 valence electrons. The van der Waals surface area contributed by atoms with Crippen LogP contribution in [0.5, 0.6) is 5.75 Å². The largest absolute Gasteiger partial charge is 0.573 e. The molecule has 0 fully saturated rings. The quantitative estimate of drug-likeness (QED) is 0.700. The maximum absolute atomic E-state index is 11.8. The Kier molecular flexibility index (Phi) is 3.39. The topological polar surface area (TPSA) is 9.23 Å². The van der Waals surface area contributed by atoms with Crippen molar-refractivity contribution in [2.24, 2.45) is 0 Å². The molecule has 0 bridgehead atoms. The third-order valence-corrected chi connectivity index (χ3v) is 1.66. The zero-order valence-electron chi connectivity index (χ0n) is 8.27. The minimum absolute atomic E-state index is 0.201. The van der Waals surface area contributed by atoms with Crippen molar-refractivity contribution in [3.05, 3.63) is 42.0 Å². The van der Waals surface area contributed by atoms with E-state index in [1.807, 2.05) is 6.92 Å². The average Bonchev–Trinajstić information content (AvgIpc) is 2.05. The lowest BCUT2D eigenvalue weighted by Crippen LogP contribution is -2.17. The van der Waals surface area contributed by atoms with E-state index in [9.17, 15) is 13.2 Å². The lowest BCUT2D eigenvalue weighted by atomic mass is 10.1. The first kappa shape index (κ1) is 11.6. The molecule has 0 radical (unpaired) electrons. The summed E-state index contributed by atoms with van der Waals surface area (Å²) in [6, 6.07) is 5.78. The van der Waals surface area contributed by atoms with E-state index in [2.05, 4.69) is 11.3 Å². The highest BCUT2D eigenvalue weighted by Gasteiger charge is 2.30. The molecule has 0 saturated heterocycles. The highest BCUT2D eigenvalue weighted by molar-refractivity contribution is 5.29. The number of allylic oxidation sites excluding steroid dienone is 1. The Balaban J connectivity index is 2.68. The van der Waals surface area contributed by atoms with Crippen LogP contribution in [0.2, 0.25) is 0 Å². The number of hydrogen-bond donors (Lipinski definition) is 0. The van der Waals surface area contributed by atoms with E-state index in [0.717, 1.165) is 11.1 Å². The van der Waals surface area contributed by atoms with Crippen LogP contribution in [0.4, 0.5) is 13.2 Å². The Morgan fingerprint density at radius 1 is 1.27 bits per heavy atom. The molecule has 0 aliphatic carbocycles. The van der Waals surface area contributed by atoms with E-state index < -0.39 is 6.36 Å². The molecule has 0 aliphatic heterocycles. The number of ether oxygens (including phenoxy) is 1. The normalized spacial score (nSPS) is 11.2. The van der Waals surface area contributed by atoms with Crippen LogP contribution in [0.1, 0.15) is 12.5 Å². The summed E-state index contributed by atoms with van der Waals surface area (Å²) < 4.78 is 39.2. The summed E-state index contributed by atoms with van der Waals surface area (Å²) >= 11 is 0. The number of hydrogen-bond acceptors (Lipinski definition) is 1. The average molecular weight is 216 g/mol. The molecule has 0 aromatic heterocycles. The summed E-state index contributed by atoms with van der Waals surface area (Å²) in [5.41, 5.74) is 1.87. The van der Waals surface area contributed by atoms with Gasteiger partial charge < -0.3 is 4.74 Å². The van der Waals surface area contributed by atoms with Gasteiger partial charge in [0.15, 0.2) is 0 Å². The molecule has 0 atom stereocenters. The van der Waals surface area contributed by atoms with E-state index in [0.29, 0.717) is 6.42 Å². The van der Waals surface area contributed by atoms with E-state index >= 15 is 0 Å². The van der Waals surface area contributed by atoms with E-state index in [1.54, 1.807) is 12.1 Å². The molecule has 0 amide bonds. The summed E-state index contributed by atoms with van der Waals surface area (Å²) in [6.45, 7) is 5.58. The van der Waals surface area contributed by atoms with Crippen molar-refractivity contribution in [1.29, 1.82) is 0 Å². The molecule has 0 N–H and O–H groups in total. The number of benzene rings is 1. The van der Waals surface area contributed by atoms with Crippen LogP contribution in [0, 0.1) is 0 Å². The first-order valence-corrected chi connectivity index (χ1v) is 4.36. The van der Waals surface area contributed by atoms with Gasteiger partial charge in [-0.2, -0.15) is 0 Å². The standard InChI is InChI=1S/C11H11F3O/c1-8(2)7-9-3-5-10(6-4-9)15-11(12,13)14/h3-6H,1,7H2,2H3. The fourth-order valence-corrected chi connectivity index (χ4v) is 1.16. The second-order valence-electron chi connectivity index (χ2n) is 3.33. The number of alkyl halides is 3. The summed E-state index contributed by atoms with van der Waals surface area (Å²) in [5, 5.41) is 0. The lowest BCUT2D eigenvalue weighted by molar-refractivity contribution is -0.274. The van der Waals surface area contributed by atoms with Gasteiger partial charge in [0.05, 0.1) is 0 Å². The van der Waals surface area contributed by atoms with E-state index in [-0.39, 0.29) is 5.75 Å². The zero-order chi connectivity index (χ0) is 11.5. The summed E-state index contributed by atoms with van der Waals surface area (Å²) in [7, 11) is 0. The Hall–Kier alpha value is -1.45. The second-order valence-corrected chi connectivity index (χ2v) is 3.33. The van der Waals surface area contributed by atoms with Gasteiger partial charge in [-0.15, -0.1) is 13.2 Å². The Labute approximate surface area is 86.2 Å². The van der Waals surface area contributed by atoms with Crippen LogP contribution in [0.25, 0.3) is 0 Å². The molecule has 0 aliphatic rings. The summed E-state index contributed by atoms with van der Waals surface area (Å²) in [5.74, 6) is -0.201. The van der Waals surface area contributed by atoms with Gasteiger partial charge in [0.2, 0.25) is 0 Å². The molecule has 0 spiro atoms. The van der Waals surface area contributed by atoms with Gasteiger partial charge >= 0.3 is 6.36 Å². The predicted octanol–water partition coefficient (Wildman–Crippen LogP) is 3.70. The van der Waals surface area contributed by atoms with Crippen molar-refractivity contribution in [2.75, 3.05) is 0 Å². The molecule has 1 aromatic rings. The maximum Gasteiger partial charge on any atom is 0.573 e. The molecule has 0 heterocycles. The number of rotatable bonds is 3. The third kappa shape index (κ3) is 4.54. The number of halogens is 3. The van der Waals surface area contributed by atoms with Gasteiger partial charge in [0.1, 0.15) is 5.75 Å². The van der Waals surface area contributed by atoms with Crippen molar-refractivity contribution in [3.63, 3.8) is 0 Å². The van der Waals surface area contributed by atoms with Gasteiger partial charge in [-0.05, 0) is 31.0 Å². The first-order chi connectivity index (χ1) is 6.87. The third-order valence-electron chi connectivity index (χ3n) is 1.66. The van der Waals surface area contributed by atoms with E-state index in [1.165, 1.54) is 12.1 Å². The molecule has 1 aromatic carbocycles. The molecule has 1 nitrogen and oxygen atoms in total. The van der Waals surface area contributed by atoms with Crippen molar-refractivity contribution < 1.29 is 17.9 Å². The molecule has 0 saturated carbocycles. The maximum atomic E-state index is 11.8. The minimum atomic E-state index is -4.63. The minimum Gasteiger partial charge on any atom is -0.406 e. The fraction of sp³-hybridized carbons (Fsp3) is 0.273. The van der Waals surface area contributed by atoms with Crippen LogP contribution in [-0.4, -0.2) is 6.36 Å². The second kappa shape index (κ2) is 4.38. The van der Waals surface area contributed by atoms with Crippen molar-refractivity contribution in [1.82, 2.24) is 0 Å². The lowest BCUT2D eigenvalue weighted by Gasteiger charge is -2.09. The van der Waals surface area contributed by atoms with Crippen LogP contribution in [-0.2, 0) is 6.42 Å². The SMILES string of the molecule is C=C(C)Cc1ccc(OC(F)(F)F)cc1. The van der Waals surface area contributed by atoms with Crippen molar-refractivity contribution in [2.45, 2.75) is 19.7 Å². The predicted molar refractivity (Wildman–Crippen MR) is 51.6 cm³/mol. The van der Waals surface area contributed by atoms with Gasteiger partial charge in [-0.25, -0.2) is 0 Å². The molecular formula is C11H11F3O. The molecular weight excluding hydrogens is 205 g/mol. The smallest absolute Gasteiger partial charge is 0.406 e. The monoisotopic (exact) mass is 216 g/mol. The zero-order valence-corrected chi connectivity index (χ0v) is 8.27. The van der Waals surface area contributed by atoms with E-state index in [4.69, 9.17) is 0 Å². The molecule has 15 heavy (non-hydrogen) atoms. The summed E-state index contributed by atoms with van der Waals surface area (Å²) in [6.07, 6.45) is -3.97. The molecule has 4 heteroatoms. The van der Waals surface area contributed by atoms with Gasteiger partial charge in [-0.1, -0.05) is 24.3 Å². The van der Waals surface area contributed by atoms with Crippen LogP contribution in [0.15, 0.2) is 36.4 Å². The highest BCUT2D eigenvalue weighted by Crippen LogP contribution is 2.23. The van der Waals surface area contributed by atoms with Gasteiger partial charge in [0, 0.05) is 0 Å². The highest BCUT2D eigenvalue weighted by atomic mass is 19.4. The van der Waals surface area contributed by atoms with Crippen molar-refractivity contribution >= 4 is 0 Å².